The molecule has 2 aliphatic heterocycles. The van der Waals surface area contributed by atoms with Crippen LogP contribution in [0.1, 0.15) is 55.1 Å². The molecule has 0 unspecified atom stereocenters. The third-order valence-corrected chi connectivity index (χ3v) is 7.62. The van der Waals surface area contributed by atoms with Crippen molar-refractivity contribution in [2.45, 2.75) is 44.8 Å². The van der Waals surface area contributed by atoms with Gasteiger partial charge in [-0.05, 0) is 69.2 Å². The molecule has 0 radical (unpaired) electrons. The third kappa shape index (κ3) is 4.49. The Balaban J connectivity index is 1.54. The highest BCUT2D eigenvalue weighted by Gasteiger charge is 2.35. The molecular weight excluding hydrogens is 416 g/mol. The van der Waals surface area contributed by atoms with Crippen molar-refractivity contribution in [3.8, 4) is 11.5 Å². The Morgan fingerprint density at radius 3 is 2.58 bits per heavy atom. The molecule has 1 amide bonds. The van der Waals surface area contributed by atoms with Gasteiger partial charge >= 0.3 is 0 Å². The highest BCUT2D eigenvalue weighted by atomic mass is 32.2. The molecule has 8 heteroatoms. The van der Waals surface area contributed by atoms with E-state index in [-0.39, 0.29) is 17.7 Å². The Morgan fingerprint density at radius 1 is 1.16 bits per heavy atom. The summed E-state index contributed by atoms with van der Waals surface area (Å²) in [7, 11) is -1.67. The van der Waals surface area contributed by atoms with Crippen LogP contribution in [0.2, 0.25) is 0 Å². The van der Waals surface area contributed by atoms with Crippen molar-refractivity contribution in [1.82, 2.24) is 5.32 Å². The van der Waals surface area contributed by atoms with Gasteiger partial charge in [0, 0.05) is 24.1 Å². The fourth-order valence-electron chi connectivity index (χ4n) is 4.19. The van der Waals surface area contributed by atoms with Gasteiger partial charge in [0.25, 0.3) is 5.91 Å². The SMILES string of the molecule is COc1ccc2c(c1)[C@H](NC(=O)c1ccc(N3CCCCS3(=O)=O)cc1)CC(C)(C)O2. The van der Waals surface area contributed by atoms with Gasteiger partial charge in [-0.15, -0.1) is 0 Å². The van der Waals surface area contributed by atoms with E-state index in [2.05, 4.69) is 5.32 Å². The first-order valence-electron chi connectivity index (χ1n) is 10.5. The van der Waals surface area contributed by atoms with Gasteiger partial charge in [-0.25, -0.2) is 8.42 Å². The van der Waals surface area contributed by atoms with Crippen molar-refractivity contribution < 1.29 is 22.7 Å². The first kappa shape index (κ1) is 21.5. The fourth-order valence-corrected chi connectivity index (χ4v) is 5.83. The first-order chi connectivity index (χ1) is 14.7. The van der Waals surface area contributed by atoms with Crippen LogP contribution < -0.4 is 19.1 Å². The number of hydrogen-bond donors (Lipinski definition) is 1. The molecule has 2 aromatic rings. The maximum absolute atomic E-state index is 13.0. The van der Waals surface area contributed by atoms with E-state index in [0.29, 0.717) is 36.4 Å². The Bertz CT molecular complexity index is 1080. The molecule has 166 valence electrons. The number of amides is 1. The number of carbonyl (C=O) groups is 1. The van der Waals surface area contributed by atoms with Crippen molar-refractivity contribution in [3.63, 3.8) is 0 Å². The molecule has 0 aliphatic carbocycles. The molecule has 0 spiro atoms. The van der Waals surface area contributed by atoms with E-state index < -0.39 is 15.6 Å². The second kappa shape index (κ2) is 8.07. The number of nitrogens with one attached hydrogen (secondary N) is 1. The molecule has 1 atom stereocenters. The van der Waals surface area contributed by atoms with E-state index in [0.717, 1.165) is 17.7 Å². The van der Waals surface area contributed by atoms with Gasteiger partial charge in [-0.3, -0.25) is 9.10 Å². The lowest BCUT2D eigenvalue weighted by Crippen LogP contribution is -2.41. The normalized spacial score (nSPS) is 21.5. The number of rotatable bonds is 4. The zero-order valence-corrected chi connectivity index (χ0v) is 18.9. The summed E-state index contributed by atoms with van der Waals surface area (Å²) in [5, 5.41) is 3.11. The Kier molecular flexibility index (Phi) is 5.60. The van der Waals surface area contributed by atoms with Crippen molar-refractivity contribution in [2.75, 3.05) is 23.7 Å². The topological polar surface area (TPSA) is 84.9 Å². The Morgan fingerprint density at radius 2 is 1.90 bits per heavy atom. The van der Waals surface area contributed by atoms with Crippen LogP contribution in [-0.4, -0.2) is 39.3 Å². The van der Waals surface area contributed by atoms with Crippen LogP contribution in [0, 0.1) is 0 Å². The van der Waals surface area contributed by atoms with Crippen LogP contribution in [0.25, 0.3) is 0 Å². The molecule has 0 aromatic heterocycles. The number of sulfonamides is 1. The number of carbonyl (C=O) groups excluding carboxylic acids is 1. The summed E-state index contributed by atoms with van der Waals surface area (Å²) >= 11 is 0. The summed E-state index contributed by atoms with van der Waals surface area (Å²) in [6.45, 7) is 4.46. The molecule has 4 rings (SSSR count). The summed E-state index contributed by atoms with van der Waals surface area (Å²) in [5.41, 5.74) is 1.53. The fraction of sp³-hybridized carbons (Fsp3) is 0.435. The maximum atomic E-state index is 13.0. The lowest BCUT2D eigenvalue weighted by Gasteiger charge is -2.38. The van der Waals surface area contributed by atoms with Crippen molar-refractivity contribution in [3.05, 3.63) is 53.6 Å². The summed E-state index contributed by atoms with van der Waals surface area (Å²) in [6, 6.07) is 12.1. The van der Waals surface area contributed by atoms with Crippen LogP contribution in [-0.2, 0) is 10.0 Å². The quantitative estimate of drug-likeness (QED) is 0.778. The van der Waals surface area contributed by atoms with Crippen molar-refractivity contribution in [2.24, 2.45) is 0 Å². The van der Waals surface area contributed by atoms with Gasteiger partial charge in [0.15, 0.2) is 0 Å². The molecule has 2 heterocycles. The van der Waals surface area contributed by atoms with Gasteiger partial charge in [0.1, 0.15) is 17.1 Å². The number of nitrogens with zero attached hydrogens (tertiary/aromatic N) is 1. The zero-order valence-electron chi connectivity index (χ0n) is 18.1. The Labute approximate surface area is 183 Å². The monoisotopic (exact) mass is 444 g/mol. The average Bonchev–Trinajstić information content (AvgIpc) is 2.72. The number of methoxy groups -OCH3 is 1. The van der Waals surface area contributed by atoms with E-state index in [1.807, 2.05) is 32.0 Å². The summed E-state index contributed by atoms with van der Waals surface area (Å²) < 4.78 is 37.5. The highest BCUT2D eigenvalue weighted by molar-refractivity contribution is 7.92. The minimum absolute atomic E-state index is 0.164. The largest absolute Gasteiger partial charge is 0.497 e. The minimum atomic E-state index is -3.28. The number of benzene rings is 2. The molecule has 31 heavy (non-hydrogen) atoms. The predicted octanol–water partition coefficient (Wildman–Crippen LogP) is 3.66. The van der Waals surface area contributed by atoms with Crippen LogP contribution in [0.15, 0.2) is 42.5 Å². The van der Waals surface area contributed by atoms with E-state index in [1.165, 1.54) is 4.31 Å². The minimum Gasteiger partial charge on any atom is -0.497 e. The van der Waals surface area contributed by atoms with E-state index >= 15 is 0 Å². The van der Waals surface area contributed by atoms with Crippen molar-refractivity contribution in [1.29, 1.82) is 0 Å². The number of anilines is 1. The van der Waals surface area contributed by atoms with Crippen molar-refractivity contribution >= 4 is 21.6 Å². The molecule has 0 saturated carbocycles. The molecule has 1 fully saturated rings. The van der Waals surface area contributed by atoms with Crippen LogP contribution in [0.3, 0.4) is 0 Å². The van der Waals surface area contributed by atoms with Gasteiger partial charge in [-0.1, -0.05) is 0 Å². The highest BCUT2D eigenvalue weighted by Crippen LogP contribution is 2.41. The lowest BCUT2D eigenvalue weighted by molar-refractivity contribution is 0.0618. The van der Waals surface area contributed by atoms with Gasteiger partial charge < -0.3 is 14.8 Å². The van der Waals surface area contributed by atoms with E-state index in [1.54, 1.807) is 31.4 Å². The van der Waals surface area contributed by atoms with Crippen LogP contribution in [0.5, 0.6) is 11.5 Å². The number of ether oxygens (including phenoxy) is 2. The predicted molar refractivity (Wildman–Crippen MR) is 119 cm³/mol. The molecule has 0 bridgehead atoms. The standard InChI is InChI=1S/C23H28N2O5S/c1-23(2)15-20(19-14-18(29-3)10-11-21(19)30-23)24-22(26)16-6-8-17(9-7-16)25-12-4-5-13-31(25,27)28/h6-11,14,20H,4-5,12-13,15H2,1-3H3,(H,24,26)/t20-/m1/s1. The summed E-state index contributed by atoms with van der Waals surface area (Å²) in [4.78, 5) is 13.0. The molecule has 7 nitrogen and oxygen atoms in total. The zero-order chi connectivity index (χ0) is 22.2. The first-order valence-corrected chi connectivity index (χ1v) is 12.1. The average molecular weight is 445 g/mol. The van der Waals surface area contributed by atoms with Gasteiger partial charge in [-0.2, -0.15) is 0 Å². The number of fused-ring (bicyclic) bond motifs is 1. The van der Waals surface area contributed by atoms with Gasteiger partial charge in [0.05, 0.1) is 24.6 Å². The van der Waals surface area contributed by atoms with E-state index in [4.69, 9.17) is 9.47 Å². The summed E-state index contributed by atoms with van der Waals surface area (Å²) in [6.07, 6.45) is 2.14. The van der Waals surface area contributed by atoms with Gasteiger partial charge in [0.2, 0.25) is 10.0 Å². The molecule has 1 N–H and O–H groups in total. The van der Waals surface area contributed by atoms with E-state index in [9.17, 15) is 13.2 Å². The third-order valence-electron chi connectivity index (χ3n) is 5.75. The molecule has 2 aliphatic rings. The molecule has 2 aromatic carbocycles. The second-order valence-corrected chi connectivity index (χ2v) is 10.7. The smallest absolute Gasteiger partial charge is 0.251 e. The lowest BCUT2D eigenvalue weighted by atomic mass is 9.89. The molecule has 1 saturated heterocycles. The maximum Gasteiger partial charge on any atom is 0.251 e. The summed E-state index contributed by atoms with van der Waals surface area (Å²) in [5.74, 6) is 1.38. The number of hydrogen-bond acceptors (Lipinski definition) is 5. The Hall–Kier alpha value is -2.74. The second-order valence-electron chi connectivity index (χ2n) is 8.64. The van der Waals surface area contributed by atoms with Crippen LogP contribution >= 0.6 is 0 Å². The van der Waals surface area contributed by atoms with Crippen LogP contribution in [0.4, 0.5) is 5.69 Å². The molecular formula is C23H28N2O5S.